The van der Waals surface area contributed by atoms with Crippen molar-refractivity contribution in [3.8, 4) is 17.2 Å². The second-order valence-corrected chi connectivity index (χ2v) is 3.63. The van der Waals surface area contributed by atoms with Crippen LogP contribution in [0.5, 0.6) is 0 Å². The maximum absolute atomic E-state index is 12.9. The molecule has 0 aliphatic rings. The van der Waals surface area contributed by atoms with Crippen LogP contribution in [0.4, 0.5) is 4.39 Å². The van der Waals surface area contributed by atoms with Crippen molar-refractivity contribution in [1.29, 1.82) is 5.26 Å². The summed E-state index contributed by atoms with van der Waals surface area (Å²) in [7, 11) is 0. The van der Waals surface area contributed by atoms with Crippen LogP contribution in [0.15, 0.2) is 36.4 Å². The molecule has 0 aromatic heterocycles. The molecule has 0 fully saturated rings. The molecule has 0 bridgehead atoms. The topological polar surface area (TPSA) is 23.8 Å². The zero-order valence-electron chi connectivity index (χ0n) is 8.17. The van der Waals surface area contributed by atoms with Crippen molar-refractivity contribution in [1.82, 2.24) is 0 Å². The minimum absolute atomic E-state index is 0.294. The number of nitriles is 1. The SMILES string of the molecule is N#Cc1cc(F)ccc1-c1cc[c]c(Cl)c1. The lowest BCUT2D eigenvalue weighted by Gasteiger charge is -2.04. The summed E-state index contributed by atoms with van der Waals surface area (Å²) in [6, 6.07) is 14.0. The van der Waals surface area contributed by atoms with E-state index >= 15 is 0 Å². The van der Waals surface area contributed by atoms with E-state index in [1.165, 1.54) is 12.1 Å². The highest BCUT2D eigenvalue weighted by atomic mass is 35.5. The Hall–Kier alpha value is -1.85. The first-order valence-electron chi connectivity index (χ1n) is 4.58. The van der Waals surface area contributed by atoms with Gasteiger partial charge in [0, 0.05) is 11.1 Å². The Morgan fingerprint density at radius 2 is 2.06 bits per heavy atom. The number of hydrogen-bond donors (Lipinski definition) is 0. The van der Waals surface area contributed by atoms with Gasteiger partial charge in [-0.1, -0.05) is 29.8 Å². The molecule has 0 heterocycles. The maximum atomic E-state index is 12.9. The maximum Gasteiger partial charge on any atom is 0.124 e. The van der Waals surface area contributed by atoms with E-state index in [1.54, 1.807) is 24.3 Å². The molecule has 2 rings (SSSR count). The van der Waals surface area contributed by atoms with Crippen LogP contribution in [0.25, 0.3) is 11.1 Å². The van der Waals surface area contributed by atoms with E-state index in [1.807, 2.05) is 6.07 Å². The molecule has 0 atom stereocenters. The third-order valence-electron chi connectivity index (χ3n) is 2.18. The molecular weight excluding hydrogens is 225 g/mol. The van der Waals surface area contributed by atoms with Gasteiger partial charge in [-0.15, -0.1) is 0 Å². The number of halogens is 2. The van der Waals surface area contributed by atoms with Crippen molar-refractivity contribution in [3.63, 3.8) is 0 Å². The van der Waals surface area contributed by atoms with Crippen molar-refractivity contribution < 1.29 is 4.39 Å². The van der Waals surface area contributed by atoms with E-state index in [2.05, 4.69) is 6.07 Å². The summed E-state index contributed by atoms with van der Waals surface area (Å²) < 4.78 is 12.9. The molecule has 1 nitrogen and oxygen atoms in total. The van der Waals surface area contributed by atoms with Gasteiger partial charge >= 0.3 is 0 Å². The van der Waals surface area contributed by atoms with Crippen LogP contribution in [0.1, 0.15) is 5.56 Å². The molecule has 2 aromatic carbocycles. The minimum Gasteiger partial charge on any atom is -0.207 e. The Balaban J connectivity index is 2.61. The molecule has 2 aromatic rings. The van der Waals surface area contributed by atoms with Crippen LogP contribution >= 0.6 is 11.6 Å². The van der Waals surface area contributed by atoms with Crippen molar-refractivity contribution >= 4 is 11.6 Å². The lowest BCUT2D eigenvalue weighted by Crippen LogP contribution is -1.86. The van der Waals surface area contributed by atoms with Crippen LogP contribution in [0.2, 0.25) is 5.02 Å². The van der Waals surface area contributed by atoms with Gasteiger partial charge in [-0.25, -0.2) is 4.39 Å². The number of rotatable bonds is 1. The van der Waals surface area contributed by atoms with Crippen molar-refractivity contribution in [2.24, 2.45) is 0 Å². The van der Waals surface area contributed by atoms with E-state index in [4.69, 9.17) is 16.9 Å². The standard InChI is InChI=1S/C13H6ClFN/c14-11-3-1-2-9(6-11)13-5-4-12(15)7-10(13)8-16/h1-2,4-7H. The first-order chi connectivity index (χ1) is 7.70. The van der Waals surface area contributed by atoms with Crippen LogP contribution in [-0.2, 0) is 0 Å². The summed E-state index contributed by atoms with van der Waals surface area (Å²) in [6.45, 7) is 0. The zero-order valence-corrected chi connectivity index (χ0v) is 8.92. The van der Waals surface area contributed by atoms with Gasteiger partial charge in [0.1, 0.15) is 5.82 Å². The summed E-state index contributed by atoms with van der Waals surface area (Å²) in [4.78, 5) is 0. The van der Waals surface area contributed by atoms with E-state index < -0.39 is 5.82 Å². The molecule has 0 aliphatic heterocycles. The highest BCUT2D eigenvalue weighted by Gasteiger charge is 2.06. The fraction of sp³-hybridized carbons (Fsp3) is 0. The highest BCUT2D eigenvalue weighted by molar-refractivity contribution is 6.30. The van der Waals surface area contributed by atoms with Gasteiger partial charge in [-0.05, 0) is 29.3 Å². The summed E-state index contributed by atoms with van der Waals surface area (Å²) >= 11 is 5.81. The molecule has 0 spiro atoms. The van der Waals surface area contributed by atoms with Gasteiger partial charge in [0.25, 0.3) is 0 Å². The van der Waals surface area contributed by atoms with Gasteiger partial charge in [0.05, 0.1) is 11.6 Å². The van der Waals surface area contributed by atoms with Gasteiger partial charge in [-0.3, -0.25) is 0 Å². The lowest BCUT2D eigenvalue weighted by molar-refractivity contribution is 0.627. The number of nitrogens with zero attached hydrogens (tertiary/aromatic N) is 1. The highest BCUT2D eigenvalue weighted by Crippen LogP contribution is 2.26. The first-order valence-corrected chi connectivity index (χ1v) is 4.96. The Morgan fingerprint density at radius 1 is 1.25 bits per heavy atom. The molecule has 0 N–H and O–H groups in total. The molecule has 0 saturated carbocycles. The average Bonchev–Trinajstić information content (AvgIpc) is 2.28. The predicted octanol–water partition coefficient (Wildman–Crippen LogP) is 3.82. The smallest absolute Gasteiger partial charge is 0.124 e. The molecule has 0 unspecified atom stereocenters. The van der Waals surface area contributed by atoms with Crippen LogP contribution in [0, 0.1) is 23.2 Å². The summed E-state index contributed by atoms with van der Waals surface area (Å²) in [5, 5.41) is 9.38. The number of benzene rings is 2. The van der Waals surface area contributed by atoms with E-state index in [0.717, 1.165) is 5.56 Å². The Morgan fingerprint density at radius 3 is 2.75 bits per heavy atom. The van der Waals surface area contributed by atoms with Gasteiger partial charge in [0.15, 0.2) is 0 Å². The second kappa shape index (κ2) is 4.34. The Labute approximate surface area is 97.7 Å². The fourth-order valence-electron chi connectivity index (χ4n) is 1.47. The average molecular weight is 231 g/mol. The Bertz CT molecular complexity index is 572. The van der Waals surface area contributed by atoms with Crippen LogP contribution in [0.3, 0.4) is 0 Å². The van der Waals surface area contributed by atoms with Gasteiger partial charge in [0.2, 0.25) is 0 Å². The summed E-state index contributed by atoms with van der Waals surface area (Å²) in [5.74, 6) is -0.422. The summed E-state index contributed by atoms with van der Waals surface area (Å²) in [5.41, 5.74) is 1.74. The third kappa shape index (κ3) is 2.05. The summed E-state index contributed by atoms with van der Waals surface area (Å²) in [6.07, 6.45) is 0. The van der Waals surface area contributed by atoms with E-state index in [9.17, 15) is 4.39 Å². The van der Waals surface area contributed by atoms with Crippen LogP contribution in [-0.4, -0.2) is 0 Å². The Kier molecular flexibility index (Phi) is 2.89. The van der Waals surface area contributed by atoms with Gasteiger partial charge < -0.3 is 0 Å². The van der Waals surface area contributed by atoms with E-state index in [-0.39, 0.29) is 0 Å². The molecule has 3 heteroatoms. The monoisotopic (exact) mass is 230 g/mol. The first kappa shape index (κ1) is 10.7. The number of hydrogen-bond acceptors (Lipinski definition) is 1. The molecule has 0 saturated heterocycles. The molecular formula is C13H6ClFN. The van der Waals surface area contributed by atoms with E-state index in [0.29, 0.717) is 16.1 Å². The predicted molar refractivity (Wildman–Crippen MR) is 60.4 cm³/mol. The van der Waals surface area contributed by atoms with Crippen molar-refractivity contribution in [2.45, 2.75) is 0 Å². The fourth-order valence-corrected chi connectivity index (χ4v) is 1.65. The molecule has 1 radical (unpaired) electrons. The molecule has 0 aliphatic carbocycles. The quantitative estimate of drug-likeness (QED) is 0.731. The molecule has 0 amide bonds. The van der Waals surface area contributed by atoms with Gasteiger partial charge in [-0.2, -0.15) is 5.26 Å². The second-order valence-electron chi connectivity index (χ2n) is 3.23. The van der Waals surface area contributed by atoms with Crippen LogP contribution < -0.4 is 0 Å². The largest absolute Gasteiger partial charge is 0.207 e. The normalized spacial score (nSPS) is 9.81. The van der Waals surface area contributed by atoms with Crippen molar-refractivity contribution in [2.75, 3.05) is 0 Å². The minimum atomic E-state index is -0.422. The zero-order chi connectivity index (χ0) is 11.5. The van der Waals surface area contributed by atoms with Crippen molar-refractivity contribution in [3.05, 3.63) is 58.9 Å². The molecule has 77 valence electrons. The third-order valence-corrected chi connectivity index (χ3v) is 2.40. The molecule has 16 heavy (non-hydrogen) atoms. The lowest BCUT2D eigenvalue weighted by atomic mass is 10.0.